The Kier molecular flexibility index (Phi) is 6.59. The fourth-order valence-corrected chi connectivity index (χ4v) is 6.71. The van der Waals surface area contributed by atoms with Crippen LogP contribution in [0.15, 0.2) is 58.8 Å². The van der Waals surface area contributed by atoms with Crippen molar-refractivity contribution in [1.29, 1.82) is 0 Å². The molecule has 1 amide bonds. The Balaban J connectivity index is 1.50. The number of rotatable bonds is 7. The first kappa shape index (κ1) is 22.4. The summed E-state index contributed by atoms with van der Waals surface area (Å²) >= 11 is 1.00. The van der Waals surface area contributed by atoms with E-state index in [0.29, 0.717) is 19.6 Å². The summed E-state index contributed by atoms with van der Waals surface area (Å²) in [5.41, 5.74) is 0.736. The number of anilines is 1. The van der Waals surface area contributed by atoms with Gasteiger partial charge in [-0.1, -0.05) is 36.4 Å². The minimum Gasteiger partial charge on any atom is -0.451 e. The number of sulfonamides is 1. The highest BCUT2D eigenvalue weighted by Gasteiger charge is 2.32. The number of ether oxygens (including phenoxy) is 1. The second-order valence-electron chi connectivity index (χ2n) is 7.44. The van der Waals surface area contributed by atoms with Gasteiger partial charge in [0.1, 0.15) is 9.77 Å². The first-order chi connectivity index (χ1) is 15.4. The van der Waals surface area contributed by atoms with E-state index < -0.39 is 22.6 Å². The van der Waals surface area contributed by atoms with Crippen LogP contribution in [-0.4, -0.2) is 50.8 Å². The summed E-state index contributed by atoms with van der Waals surface area (Å²) in [5, 5.41) is 3.48. The van der Waals surface area contributed by atoms with E-state index in [-0.39, 0.29) is 15.7 Å². The standard InChI is InChI=1S/C23H24N2O5S2/c1-2-25(19-11-7-9-17-8-3-4-10-18(17)19)21(26)16-30-23(27)22-20(12-15-31-22)32(28,29)24-13-5-6-14-24/h3-4,7-12,15H,2,5-6,13-14,16H2,1H3. The molecule has 1 aliphatic heterocycles. The molecule has 0 saturated carbocycles. The van der Waals surface area contributed by atoms with Crippen molar-refractivity contribution in [2.24, 2.45) is 0 Å². The first-order valence-electron chi connectivity index (χ1n) is 10.5. The smallest absolute Gasteiger partial charge is 0.350 e. The summed E-state index contributed by atoms with van der Waals surface area (Å²) in [6.45, 7) is 2.67. The molecule has 0 atom stereocenters. The van der Waals surface area contributed by atoms with Crippen LogP contribution >= 0.6 is 11.3 Å². The highest BCUT2D eigenvalue weighted by Crippen LogP contribution is 2.29. The Morgan fingerprint density at radius 1 is 1.06 bits per heavy atom. The topological polar surface area (TPSA) is 84.0 Å². The summed E-state index contributed by atoms with van der Waals surface area (Å²) in [6.07, 6.45) is 1.61. The second kappa shape index (κ2) is 9.40. The van der Waals surface area contributed by atoms with Crippen molar-refractivity contribution in [3.05, 3.63) is 58.8 Å². The van der Waals surface area contributed by atoms with Gasteiger partial charge in [0.25, 0.3) is 5.91 Å². The normalized spacial score (nSPS) is 14.5. The predicted octanol–water partition coefficient (Wildman–Crippen LogP) is 3.90. The largest absolute Gasteiger partial charge is 0.451 e. The van der Waals surface area contributed by atoms with Gasteiger partial charge in [-0.15, -0.1) is 11.3 Å². The van der Waals surface area contributed by atoms with Crippen LogP contribution < -0.4 is 4.90 Å². The molecule has 1 saturated heterocycles. The molecule has 2 aromatic carbocycles. The third-order valence-corrected chi connectivity index (χ3v) is 8.46. The van der Waals surface area contributed by atoms with Gasteiger partial charge in [-0.2, -0.15) is 4.31 Å². The van der Waals surface area contributed by atoms with Crippen molar-refractivity contribution in [3.63, 3.8) is 0 Å². The zero-order chi connectivity index (χ0) is 22.7. The Bertz CT molecular complexity index is 1240. The predicted molar refractivity (Wildman–Crippen MR) is 125 cm³/mol. The van der Waals surface area contributed by atoms with Gasteiger partial charge in [0.05, 0.1) is 5.69 Å². The van der Waals surface area contributed by atoms with Gasteiger partial charge in [-0.25, -0.2) is 13.2 Å². The molecule has 2 heterocycles. The van der Waals surface area contributed by atoms with Crippen LogP contribution in [-0.2, 0) is 19.6 Å². The maximum atomic E-state index is 12.9. The van der Waals surface area contributed by atoms with Crippen LogP contribution in [0.4, 0.5) is 5.69 Å². The monoisotopic (exact) mass is 472 g/mol. The van der Waals surface area contributed by atoms with Crippen molar-refractivity contribution in [2.45, 2.75) is 24.7 Å². The molecule has 0 N–H and O–H groups in total. The molecule has 0 unspecified atom stereocenters. The summed E-state index contributed by atoms with van der Waals surface area (Å²) in [4.78, 5) is 27.1. The maximum Gasteiger partial charge on any atom is 0.350 e. The fraction of sp³-hybridized carbons (Fsp3) is 0.304. The number of carbonyl (C=O) groups excluding carboxylic acids is 2. The Hall–Kier alpha value is -2.75. The number of nitrogens with zero attached hydrogens (tertiary/aromatic N) is 2. The molecule has 1 aromatic heterocycles. The van der Waals surface area contributed by atoms with Gasteiger partial charge >= 0.3 is 5.97 Å². The highest BCUT2D eigenvalue weighted by molar-refractivity contribution is 7.89. The van der Waals surface area contributed by atoms with Crippen molar-refractivity contribution >= 4 is 49.7 Å². The quantitative estimate of drug-likeness (QED) is 0.487. The van der Waals surface area contributed by atoms with E-state index in [1.54, 1.807) is 10.3 Å². The minimum atomic E-state index is -3.75. The number of likely N-dealkylation sites (N-methyl/N-ethyl adjacent to an activating group) is 1. The van der Waals surface area contributed by atoms with E-state index in [4.69, 9.17) is 4.74 Å². The molecular weight excluding hydrogens is 448 g/mol. The zero-order valence-corrected chi connectivity index (χ0v) is 19.3. The summed E-state index contributed by atoms with van der Waals surface area (Å²) in [6, 6.07) is 14.9. The lowest BCUT2D eigenvalue weighted by Crippen LogP contribution is -2.35. The van der Waals surface area contributed by atoms with Gasteiger partial charge in [-0.3, -0.25) is 4.79 Å². The van der Waals surface area contributed by atoms with E-state index in [1.807, 2.05) is 49.4 Å². The van der Waals surface area contributed by atoms with Crippen LogP contribution in [0.1, 0.15) is 29.4 Å². The van der Waals surface area contributed by atoms with Gasteiger partial charge < -0.3 is 9.64 Å². The molecule has 9 heteroatoms. The number of hydrogen-bond donors (Lipinski definition) is 0. The molecule has 4 rings (SSSR count). The first-order valence-corrected chi connectivity index (χ1v) is 12.8. The van der Waals surface area contributed by atoms with Gasteiger partial charge in [0.15, 0.2) is 6.61 Å². The number of carbonyl (C=O) groups is 2. The second-order valence-corrected chi connectivity index (χ2v) is 10.3. The molecule has 0 aliphatic carbocycles. The van der Waals surface area contributed by atoms with Gasteiger partial charge in [0.2, 0.25) is 10.0 Å². The van der Waals surface area contributed by atoms with Gasteiger partial charge in [0, 0.05) is 25.0 Å². The third-order valence-electron chi connectivity index (χ3n) is 5.50. The van der Waals surface area contributed by atoms with E-state index in [2.05, 4.69) is 0 Å². The minimum absolute atomic E-state index is 0.00194. The lowest BCUT2D eigenvalue weighted by molar-refractivity contribution is -0.121. The summed E-state index contributed by atoms with van der Waals surface area (Å²) in [5.74, 6) is -1.18. The average molecular weight is 473 g/mol. The highest BCUT2D eigenvalue weighted by atomic mass is 32.2. The van der Waals surface area contributed by atoms with Crippen molar-refractivity contribution in [2.75, 3.05) is 31.1 Å². The zero-order valence-electron chi connectivity index (χ0n) is 17.7. The molecule has 168 valence electrons. The lowest BCUT2D eigenvalue weighted by atomic mass is 10.1. The van der Waals surface area contributed by atoms with Crippen molar-refractivity contribution < 1.29 is 22.7 Å². The van der Waals surface area contributed by atoms with E-state index in [0.717, 1.165) is 40.6 Å². The van der Waals surface area contributed by atoms with Crippen molar-refractivity contribution in [3.8, 4) is 0 Å². The SMILES string of the molecule is CCN(C(=O)COC(=O)c1sccc1S(=O)(=O)N1CCCC1)c1cccc2ccccc12. The molecule has 32 heavy (non-hydrogen) atoms. The molecule has 1 aliphatic rings. The molecule has 7 nitrogen and oxygen atoms in total. The fourth-order valence-electron chi connectivity index (χ4n) is 3.91. The van der Waals surface area contributed by atoms with Crippen LogP contribution in [0.25, 0.3) is 10.8 Å². The number of hydrogen-bond acceptors (Lipinski definition) is 6. The number of esters is 1. The Morgan fingerprint density at radius 2 is 1.78 bits per heavy atom. The van der Waals surface area contributed by atoms with Crippen LogP contribution in [0, 0.1) is 0 Å². The van der Waals surface area contributed by atoms with Gasteiger partial charge in [-0.05, 0) is 42.7 Å². The average Bonchev–Trinajstić information content (AvgIpc) is 3.51. The molecule has 0 spiro atoms. The molecule has 3 aromatic rings. The molecule has 0 bridgehead atoms. The Labute approximate surface area is 191 Å². The number of fused-ring (bicyclic) bond motifs is 1. The van der Waals surface area contributed by atoms with E-state index >= 15 is 0 Å². The Morgan fingerprint density at radius 3 is 2.53 bits per heavy atom. The number of benzene rings is 2. The summed E-state index contributed by atoms with van der Waals surface area (Å²) in [7, 11) is -3.75. The van der Waals surface area contributed by atoms with Crippen molar-refractivity contribution in [1.82, 2.24) is 4.31 Å². The van der Waals surface area contributed by atoms with Crippen LogP contribution in [0.2, 0.25) is 0 Å². The molecular formula is C23H24N2O5S2. The van der Waals surface area contributed by atoms with E-state index in [1.165, 1.54) is 10.4 Å². The number of thiophene rings is 1. The maximum absolute atomic E-state index is 12.9. The summed E-state index contributed by atoms with van der Waals surface area (Å²) < 4.78 is 32.4. The van der Waals surface area contributed by atoms with E-state index in [9.17, 15) is 18.0 Å². The van der Waals surface area contributed by atoms with Crippen LogP contribution in [0.3, 0.4) is 0 Å². The molecule has 1 fully saturated rings. The number of amides is 1. The third kappa shape index (κ3) is 4.28. The lowest BCUT2D eigenvalue weighted by Gasteiger charge is -2.22. The molecule has 0 radical (unpaired) electrons. The van der Waals surface area contributed by atoms with Crippen LogP contribution in [0.5, 0.6) is 0 Å².